The molecule has 1 fully saturated rings. The molecule has 2 N–H and O–H groups in total. The summed E-state index contributed by atoms with van der Waals surface area (Å²) in [5.41, 5.74) is 6.84. The van der Waals surface area contributed by atoms with Crippen LogP contribution in [0.2, 0.25) is 5.02 Å². The number of aromatic nitrogens is 2. The SMILES string of the molecule is NC1(c2nc(Cc3ccc(Cl)cc3)no2)CCOCC1. The Kier molecular flexibility index (Phi) is 3.74. The van der Waals surface area contributed by atoms with Gasteiger partial charge in [0.15, 0.2) is 5.82 Å². The number of rotatable bonds is 3. The molecule has 106 valence electrons. The molecule has 2 aromatic rings. The molecule has 1 saturated heterocycles. The van der Waals surface area contributed by atoms with Crippen LogP contribution in [0.5, 0.6) is 0 Å². The van der Waals surface area contributed by atoms with Crippen LogP contribution in [0.3, 0.4) is 0 Å². The van der Waals surface area contributed by atoms with Crippen LogP contribution in [-0.2, 0) is 16.7 Å². The van der Waals surface area contributed by atoms with E-state index >= 15 is 0 Å². The molecule has 6 heteroatoms. The van der Waals surface area contributed by atoms with E-state index in [2.05, 4.69) is 10.1 Å². The molecule has 1 aromatic heterocycles. The number of ether oxygens (including phenoxy) is 1. The van der Waals surface area contributed by atoms with Crippen molar-refractivity contribution in [3.05, 3.63) is 46.6 Å². The van der Waals surface area contributed by atoms with Crippen LogP contribution in [0.25, 0.3) is 0 Å². The van der Waals surface area contributed by atoms with Gasteiger partial charge in [0.1, 0.15) is 5.54 Å². The van der Waals surface area contributed by atoms with Gasteiger partial charge in [-0.05, 0) is 30.5 Å². The Morgan fingerprint density at radius 2 is 1.90 bits per heavy atom. The Labute approximate surface area is 122 Å². The summed E-state index contributed by atoms with van der Waals surface area (Å²) in [6.07, 6.45) is 2.01. The molecule has 2 heterocycles. The lowest BCUT2D eigenvalue weighted by atomic mass is 9.91. The Balaban J connectivity index is 1.74. The molecule has 0 saturated carbocycles. The maximum atomic E-state index is 6.31. The standard InChI is InChI=1S/C14H16ClN3O2/c15-11-3-1-10(2-4-11)9-12-17-13(20-18-12)14(16)5-7-19-8-6-14/h1-4H,5-9,16H2. The lowest BCUT2D eigenvalue weighted by Crippen LogP contribution is -2.42. The molecular weight excluding hydrogens is 278 g/mol. The quantitative estimate of drug-likeness (QED) is 0.940. The third-order valence-corrected chi connectivity index (χ3v) is 3.81. The second-order valence-electron chi connectivity index (χ2n) is 5.09. The highest BCUT2D eigenvalue weighted by atomic mass is 35.5. The van der Waals surface area contributed by atoms with Gasteiger partial charge in [0.05, 0.1) is 0 Å². The van der Waals surface area contributed by atoms with Gasteiger partial charge < -0.3 is 15.0 Å². The molecule has 0 bridgehead atoms. The van der Waals surface area contributed by atoms with E-state index in [4.69, 9.17) is 26.6 Å². The molecule has 1 aliphatic heterocycles. The zero-order valence-electron chi connectivity index (χ0n) is 11.0. The highest BCUT2D eigenvalue weighted by Gasteiger charge is 2.35. The van der Waals surface area contributed by atoms with E-state index in [9.17, 15) is 0 Å². The van der Waals surface area contributed by atoms with Crippen LogP contribution >= 0.6 is 11.6 Å². The van der Waals surface area contributed by atoms with E-state index in [0.29, 0.717) is 49.2 Å². The van der Waals surface area contributed by atoms with E-state index in [-0.39, 0.29) is 0 Å². The lowest BCUT2D eigenvalue weighted by Gasteiger charge is -2.29. The summed E-state index contributed by atoms with van der Waals surface area (Å²) >= 11 is 5.86. The molecule has 1 aromatic carbocycles. The average Bonchev–Trinajstić information content (AvgIpc) is 2.92. The first-order chi connectivity index (χ1) is 9.66. The first-order valence-electron chi connectivity index (χ1n) is 6.60. The topological polar surface area (TPSA) is 74.2 Å². The van der Waals surface area contributed by atoms with Crippen molar-refractivity contribution in [1.82, 2.24) is 10.1 Å². The minimum atomic E-state index is -0.552. The fraction of sp³-hybridized carbons (Fsp3) is 0.429. The fourth-order valence-electron chi connectivity index (χ4n) is 2.26. The van der Waals surface area contributed by atoms with Crippen molar-refractivity contribution in [1.29, 1.82) is 0 Å². The second kappa shape index (κ2) is 5.52. The smallest absolute Gasteiger partial charge is 0.246 e. The average molecular weight is 294 g/mol. The largest absolute Gasteiger partial charge is 0.381 e. The highest BCUT2D eigenvalue weighted by molar-refractivity contribution is 6.30. The van der Waals surface area contributed by atoms with Gasteiger partial charge in [0.2, 0.25) is 5.89 Å². The summed E-state index contributed by atoms with van der Waals surface area (Å²) in [7, 11) is 0. The lowest BCUT2D eigenvalue weighted by molar-refractivity contribution is 0.0400. The summed E-state index contributed by atoms with van der Waals surface area (Å²) in [4.78, 5) is 4.43. The summed E-state index contributed by atoms with van der Waals surface area (Å²) in [5.74, 6) is 1.14. The summed E-state index contributed by atoms with van der Waals surface area (Å²) in [5, 5.41) is 4.73. The summed E-state index contributed by atoms with van der Waals surface area (Å²) in [6.45, 7) is 1.26. The minimum Gasteiger partial charge on any atom is -0.381 e. The molecular formula is C14H16ClN3O2. The van der Waals surface area contributed by atoms with Crippen molar-refractivity contribution < 1.29 is 9.26 Å². The van der Waals surface area contributed by atoms with Crippen molar-refractivity contribution in [2.45, 2.75) is 24.8 Å². The van der Waals surface area contributed by atoms with Crippen LogP contribution in [0, 0.1) is 0 Å². The zero-order valence-corrected chi connectivity index (χ0v) is 11.8. The summed E-state index contributed by atoms with van der Waals surface area (Å²) < 4.78 is 10.7. The molecule has 0 unspecified atom stereocenters. The number of benzene rings is 1. The fourth-order valence-corrected chi connectivity index (χ4v) is 2.39. The van der Waals surface area contributed by atoms with Crippen molar-refractivity contribution in [3.63, 3.8) is 0 Å². The molecule has 3 rings (SSSR count). The molecule has 0 amide bonds. The van der Waals surface area contributed by atoms with Gasteiger partial charge in [-0.15, -0.1) is 0 Å². The van der Waals surface area contributed by atoms with Gasteiger partial charge in [0, 0.05) is 24.7 Å². The molecule has 0 spiro atoms. The first-order valence-corrected chi connectivity index (χ1v) is 6.98. The zero-order chi connectivity index (χ0) is 14.0. The number of halogens is 1. The predicted molar refractivity (Wildman–Crippen MR) is 74.5 cm³/mol. The van der Waals surface area contributed by atoms with Crippen LogP contribution < -0.4 is 5.73 Å². The maximum Gasteiger partial charge on any atom is 0.246 e. The number of hydrogen-bond donors (Lipinski definition) is 1. The van der Waals surface area contributed by atoms with Gasteiger partial charge in [-0.25, -0.2) is 0 Å². The van der Waals surface area contributed by atoms with E-state index in [1.807, 2.05) is 24.3 Å². The third kappa shape index (κ3) is 2.85. The van der Waals surface area contributed by atoms with E-state index in [0.717, 1.165) is 5.56 Å². The monoisotopic (exact) mass is 293 g/mol. The van der Waals surface area contributed by atoms with Gasteiger partial charge in [-0.3, -0.25) is 0 Å². The molecule has 0 aliphatic carbocycles. The van der Waals surface area contributed by atoms with Gasteiger partial charge >= 0.3 is 0 Å². The van der Waals surface area contributed by atoms with Crippen LogP contribution in [0.1, 0.15) is 30.1 Å². The molecule has 1 aliphatic rings. The maximum absolute atomic E-state index is 6.31. The van der Waals surface area contributed by atoms with Gasteiger partial charge in [-0.1, -0.05) is 28.9 Å². The number of nitrogens with two attached hydrogens (primary N) is 1. The van der Waals surface area contributed by atoms with E-state index < -0.39 is 5.54 Å². The van der Waals surface area contributed by atoms with Crippen molar-refractivity contribution in [2.24, 2.45) is 5.73 Å². The molecule has 5 nitrogen and oxygen atoms in total. The normalized spacial score (nSPS) is 18.1. The van der Waals surface area contributed by atoms with E-state index in [1.165, 1.54) is 0 Å². The molecule has 0 atom stereocenters. The first kappa shape index (κ1) is 13.5. The number of nitrogens with zero attached hydrogens (tertiary/aromatic N) is 2. The third-order valence-electron chi connectivity index (χ3n) is 3.55. The predicted octanol–water partition coefficient (Wildman–Crippen LogP) is 2.28. The minimum absolute atomic E-state index is 0.504. The van der Waals surface area contributed by atoms with Gasteiger partial charge in [-0.2, -0.15) is 4.98 Å². The van der Waals surface area contributed by atoms with Crippen LogP contribution in [0.15, 0.2) is 28.8 Å². The Morgan fingerprint density at radius 1 is 1.20 bits per heavy atom. The summed E-state index contributed by atoms with van der Waals surface area (Å²) in [6, 6.07) is 7.59. The Bertz CT molecular complexity index is 576. The molecule has 0 radical (unpaired) electrons. The highest BCUT2D eigenvalue weighted by Crippen LogP contribution is 2.28. The Hall–Kier alpha value is -1.43. The Morgan fingerprint density at radius 3 is 2.60 bits per heavy atom. The number of hydrogen-bond acceptors (Lipinski definition) is 5. The van der Waals surface area contributed by atoms with E-state index in [1.54, 1.807) is 0 Å². The second-order valence-corrected chi connectivity index (χ2v) is 5.52. The van der Waals surface area contributed by atoms with Crippen molar-refractivity contribution >= 4 is 11.6 Å². The van der Waals surface area contributed by atoms with Crippen molar-refractivity contribution in [3.8, 4) is 0 Å². The van der Waals surface area contributed by atoms with Crippen LogP contribution in [0.4, 0.5) is 0 Å². The van der Waals surface area contributed by atoms with Crippen LogP contribution in [-0.4, -0.2) is 23.4 Å². The molecule has 20 heavy (non-hydrogen) atoms. The van der Waals surface area contributed by atoms with Crippen molar-refractivity contribution in [2.75, 3.05) is 13.2 Å². The van der Waals surface area contributed by atoms with Gasteiger partial charge in [0.25, 0.3) is 0 Å².